The van der Waals surface area contributed by atoms with E-state index in [1.54, 1.807) is 0 Å². The lowest BCUT2D eigenvalue weighted by atomic mass is 10.0. The first-order valence-corrected chi connectivity index (χ1v) is 7.57. The molecule has 5 nitrogen and oxygen atoms in total. The van der Waals surface area contributed by atoms with E-state index in [0.717, 1.165) is 45.3 Å². The minimum atomic E-state index is 0.0153. The van der Waals surface area contributed by atoms with Crippen LogP contribution < -0.4 is 10.6 Å². The van der Waals surface area contributed by atoms with Crippen LogP contribution in [0.4, 0.5) is 0 Å². The van der Waals surface area contributed by atoms with Gasteiger partial charge >= 0.3 is 0 Å². The number of carbonyl (C=O) groups is 1. The van der Waals surface area contributed by atoms with Crippen molar-refractivity contribution in [1.29, 1.82) is 0 Å². The lowest BCUT2D eigenvalue weighted by Gasteiger charge is -2.22. The van der Waals surface area contributed by atoms with Gasteiger partial charge in [0, 0.05) is 19.8 Å². The third-order valence-corrected chi connectivity index (χ3v) is 3.72. The van der Waals surface area contributed by atoms with E-state index in [1.165, 1.54) is 6.42 Å². The standard InChI is InChI=1S/C14H26N2O3/c17-14(13-6-1-2-7-15-13)16-8-4-9-18-11-12-5-3-10-19-12/h12-13,15H,1-11H2,(H,16,17). The summed E-state index contributed by atoms with van der Waals surface area (Å²) in [6.45, 7) is 3.92. The quantitative estimate of drug-likeness (QED) is 0.673. The first-order chi connectivity index (χ1) is 9.36. The topological polar surface area (TPSA) is 59.6 Å². The van der Waals surface area contributed by atoms with Gasteiger partial charge in [-0.25, -0.2) is 0 Å². The summed E-state index contributed by atoms with van der Waals surface area (Å²) in [5.41, 5.74) is 0. The zero-order valence-corrected chi connectivity index (χ0v) is 11.7. The first kappa shape index (κ1) is 14.8. The highest BCUT2D eigenvalue weighted by Gasteiger charge is 2.19. The Morgan fingerprint density at radius 2 is 2.26 bits per heavy atom. The van der Waals surface area contributed by atoms with Crippen molar-refractivity contribution < 1.29 is 14.3 Å². The van der Waals surface area contributed by atoms with Gasteiger partial charge in [-0.05, 0) is 38.6 Å². The maximum atomic E-state index is 11.8. The Balaban J connectivity index is 1.43. The number of ether oxygens (including phenoxy) is 2. The van der Waals surface area contributed by atoms with Gasteiger partial charge in [-0.1, -0.05) is 6.42 Å². The average molecular weight is 270 g/mol. The molecule has 0 saturated carbocycles. The number of amides is 1. The third kappa shape index (κ3) is 5.47. The van der Waals surface area contributed by atoms with E-state index in [4.69, 9.17) is 9.47 Å². The predicted molar refractivity (Wildman–Crippen MR) is 73.1 cm³/mol. The van der Waals surface area contributed by atoms with Crippen molar-refractivity contribution in [2.75, 3.05) is 32.9 Å². The Hall–Kier alpha value is -0.650. The second-order valence-corrected chi connectivity index (χ2v) is 5.36. The molecule has 2 fully saturated rings. The van der Waals surface area contributed by atoms with Crippen LogP contribution in [-0.4, -0.2) is 51.0 Å². The minimum Gasteiger partial charge on any atom is -0.379 e. The Bertz CT molecular complexity index is 261. The fourth-order valence-electron chi connectivity index (χ4n) is 2.58. The second-order valence-electron chi connectivity index (χ2n) is 5.36. The number of rotatable bonds is 7. The van der Waals surface area contributed by atoms with E-state index in [1.807, 2.05) is 0 Å². The van der Waals surface area contributed by atoms with E-state index in [9.17, 15) is 4.79 Å². The number of hydrogen-bond acceptors (Lipinski definition) is 4. The van der Waals surface area contributed by atoms with Crippen molar-refractivity contribution in [3.8, 4) is 0 Å². The lowest BCUT2D eigenvalue weighted by Crippen LogP contribution is -2.46. The van der Waals surface area contributed by atoms with E-state index < -0.39 is 0 Å². The fourth-order valence-corrected chi connectivity index (χ4v) is 2.58. The summed E-state index contributed by atoms with van der Waals surface area (Å²) < 4.78 is 11.0. The molecule has 1 amide bonds. The van der Waals surface area contributed by atoms with Crippen molar-refractivity contribution in [3.05, 3.63) is 0 Å². The van der Waals surface area contributed by atoms with Crippen LogP contribution >= 0.6 is 0 Å². The van der Waals surface area contributed by atoms with Crippen LogP contribution in [0.3, 0.4) is 0 Å². The Labute approximate surface area is 115 Å². The van der Waals surface area contributed by atoms with E-state index >= 15 is 0 Å². The molecule has 0 spiro atoms. The summed E-state index contributed by atoms with van der Waals surface area (Å²) in [4.78, 5) is 11.8. The van der Waals surface area contributed by atoms with Gasteiger partial charge in [0.25, 0.3) is 0 Å². The molecule has 110 valence electrons. The monoisotopic (exact) mass is 270 g/mol. The maximum absolute atomic E-state index is 11.8. The van der Waals surface area contributed by atoms with Crippen molar-refractivity contribution in [1.82, 2.24) is 10.6 Å². The molecule has 2 N–H and O–H groups in total. The molecule has 2 atom stereocenters. The van der Waals surface area contributed by atoms with Crippen molar-refractivity contribution >= 4 is 5.91 Å². The third-order valence-electron chi connectivity index (χ3n) is 3.72. The summed E-state index contributed by atoms with van der Waals surface area (Å²) >= 11 is 0. The summed E-state index contributed by atoms with van der Waals surface area (Å²) in [6.07, 6.45) is 6.71. The Kier molecular flexibility index (Phi) is 6.61. The Morgan fingerprint density at radius 3 is 3.00 bits per heavy atom. The highest BCUT2D eigenvalue weighted by molar-refractivity contribution is 5.81. The fraction of sp³-hybridized carbons (Fsp3) is 0.929. The molecule has 0 aromatic rings. The zero-order valence-electron chi connectivity index (χ0n) is 11.7. The van der Waals surface area contributed by atoms with Crippen LogP contribution in [0.25, 0.3) is 0 Å². The summed E-state index contributed by atoms with van der Waals surface area (Å²) in [5, 5.41) is 6.22. The van der Waals surface area contributed by atoms with Crippen LogP contribution in [0, 0.1) is 0 Å². The van der Waals surface area contributed by atoms with Crippen LogP contribution in [0.1, 0.15) is 38.5 Å². The van der Waals surface area contributed by atoms with Gasteiger partial charge < -0.3 is 20.1 Å². The molecule has 0 bridgehead atoms. The molecule has 0 aromatic carbocycles. The molecule has 5 heteroatoms. The molecule has 2 rings (SSSR count). The molecule has 0 aliphatic carbocycles. The SMILES string of the molecule is O=C(NCCCOCC1CCCO1)C1CCCCN1. The van der Waals surface area contributed by atoms with Crippen LogP contribution in [0.5, 0.6) is 0 Å². The van der Waals surface area contributed by atoms with Gasteiger partial charge in [0.15, 0.2) is 0 Å². The second kappa shape index (κ2) is 8.51. The highest BCUT2D eigenvalue weighted by atomic mass is 16.5. The summed E-state index contributed by atoms with van der Waals surface area (Å²) in [6, 6.07) is 0.0153. The van der Waals surface area contributed by atoms with Gasteiger partial charge in [-0.3, -0.25) is 4.79 Å². The Morgan fingerprint density at radius 1 is 1.32 bits per heavy atom. The minimum absolute atomic E-state index is 0.0153. The number of hydrogen-bond donors (Lipinski definition) is 2. The molecule has 2 aliphatic heterocycles. The summed E-state index contributed by atoms with van der Waals surface area (Å²) in [7, 11) is 0. The average Bonchev–Trinajstić information content (AvgIpc) is 2.96. The number of nitrogens with one attached hydrogen (secondary N) is 2. The van der Waals surface area contributed by atoms with Gasteiger partial charge in [0.05, 0.1) is 18.8 Å². The predicted octanol–water partition coefficient (Wildman–Crippen LogP) is 0.830. The normalized spacial score (nSPS) is 27.4. The molecular weight excluding hydrogens is 244 g/mol. The molecule has 2 heterocycles. The van der Waals surface area contributed by atoms with E-state index in [0.29, 0.717) is 25.9 Å². The smallest absolute Gasteiger partial charge is 0.237 e. The van der Waals surface area contributed by atoms with Gasteiger partial charge in [-0.15, -0.1) is 0 Å². The van der Waals surface area contributed by atoms with Crippen LogP contribution in [0.15, 0.2) is 0 Å². The molecule has 2 aliphatic rings. The largest absolute Gasteiger partial charge is 0.379 e. The van der Waals surface area contributed by atoms with E-state index in [-0.39, 0.29) is 11.9 Å². The molecule has 0 radical (unpaired) electrons. The number of carbonyl (C=O) groups excluding carboxylic acids is 1. The van der Waals surface area contributed by atoms with Crippen molar-refractivity contribution in [2.45, 2.75) is 50.7 Å². The maximum Gasteiger partial charge on any atom is 0.237 e. The number of piperidine rings is 1. The molecule has 2 saturated heterocycles. The highest BCUT2D eigenvalue weighted by Crippen LogP contribution is 2.11. The van der Waals surface area contributed by atoms with E-state index in [2.05, 4.69) is 10.6 Å². The molecule has 2 unspecified atom stereocenters. The summed E-state index contributed by atoms with van der Waals surface area (Å²) in [5.74, 6) is 0.138. The molecular formula is C14H26N2O3. The van der Waals surface area contributed by atoms with Crippen LogP contribution in [-0.2, 0) is 14.3 Å². The first-order valence-electron chi connectivity index (χ1n) is 7.57. The van der Waals surface area contributed by atoms with Crippen LogP contribution in [0.2, 0.25) is 0 Å². The van der Waals surface area contributed by atoms with Crippen molar-refractivity contribution in [3.63, 3.8) is 0 Å². The molecule has 19 heavy (non-hydrogen) atoms. The lowest BCUT2D eigenvalue weighted by molar-refractivity contribution is -0.123. The van der Waals surface area contributed by atoms with Gasteiger partial charge in [-0.2, -0.15) is 0 Å². The van der Waals surface area contributed by atoms with Gasteiger partial charge in [0.1, 0.15) is 0 Å². The zero-order chi connectivity index (χ0) is 13.3. The van der Waals surface area contributed by atoms with Crippen molar-refractivity contribution in [2.24, 2.45) is 0 Å². The van der Waals surface area contributed by atoms with Gasteiger partial charge in [0.2, 0.25) is 5.91 Å². The molecule has 0 aromatic heterocycles.